The van der Waals surface area contributed by atoms with E-state index >= 15 is 0 Å². The van der Waals surface area contributed by atoms with Crippen LogP contribution >= 0.6 is 0 Å². The van der Waals surface area contributed by atoms with Gasteiger partial charge in [0.25, 0.3) is 0 Å². The summed E-state index contributed by atoms with van der Waals surface area (Å²) in [6.07, 6.45) is -0.462. The van der Waals surface area contributed by atoms with Gasteiger partial charge in [-0.05, 0) is 12.6 Å². The topological polar surface area (TPSA) is 55.8 Å². The third-order valence-electron chi connectivity index (χ3n) is 3.67. The van der Waals surface area contributed by atoms with Gasteiger partial charge in [-0.3, -0.25) is 9.69 Å². The fourth-order valence-electron chi connectivity index (χ4n) is 2.47. The largest absolute Gasteiger partial charge is 0.387 e. The van der Waals surface area contributed by atoms with Crippen molar-refractivity contribution in [2.24, 2.45) is 0 Å². The normalized spacial score (nSPS) is 18.0. The van der Waals surface area contributed by atoms with E-state index in [1.165, 1.54) is 0 Å². The van der Waals surface area contributed by atoms with E-state index in [1.54, 1.807) is 7.05 Å². The molecule has 0 radical (unpaired) electrons. The Bertz CT molecular complexity index is 416. The van der Waals surface area contributed by atoms with Crippen LogP contribution < -0.4 is 5.32 Å². The lowest BCUT2D eigenvalue weighted by Gasteiger charge is -2.35. The van der Waals surface area contributed by atoms with Crippen LogP contribution in [-0.4, -0.2) is 67.1 Å². The molecule has 1 aromatic carbocycles. The van der Waals surface area contributed by atoms with E-state index in [1.807, 2.05) is 35.2 Å². The highest BCUT2D eigenvalue weighted by Crippen LogP contribution is 2.14. The highest BCUT2D eigenvalue weighted by molar-refractivity contribution is 5.78. The molecule has 1 amide bonds. The number of aliphatic hydroxyl groups excluding tert-OH is 1. The number of β-amino-alcohol motifs (C(OH)–C–C–N with tert-alkyl or cyclic N) is 1. The number of carbonyl (C=O) groups is 1. The van der Waals surface area contributed by atoms with Gasteiger partial charge >= 0.3 is 0 Å². The van der Waals surface area contributed by atoms with Gasteiger partial charge in [-0.25, -0.2) is 0 Å². The number of benzene rings is 1. The van der Waals surface area contributed by atoms with Crippen molar-refractivity contribution in [2.45, 2.75) is 6.10 Å². The summed E-state index contributed by atoms with van der Waals surface area (Å²) in [6, 6.07) is 9.71. The molecule has 0 bridgehead atoms. The summed E-state index contributed by atoms with van der Waals surface area (Å²) in [5.41, 5.74) is 0.946. The molecule has 1 aliphatic heterocycles. The molecule has 110 valence electrons. The highest BCUT2D eigenvalue weighted by atomic mass is 16.3. The summed E-state index contributed by atoms with van der Waals surface area (Å²) in [4.78, 5) is 15.8. The molecular weight excluding hydrogens is 254 g/mol. The maximum atomic E-state index is 11.7. The molecule has 1 atom stereocenters. The van der Waals surface area contributed by atoms with Crippen molar-refractivity contribution in [1.82, 2.24) is 15.1 Å². The van der Waals surface area contributed by atoms with Crippen LogP contribution in [0.2, 0.25) is 0 Å². The number of rotatable bonds is 5. The fourth-order valence-corrected chi connectivity index (χ4v) is 2.47. The van der Waals surface area contributed by atoms with E-state index in [9.17, 15) is 9.90 Å². The number of amides is 1. The molecule has 5 nitrogen and oxygen atoms in total. The van der Waals surface area contributed by atoms with Gasteiger partial charge in [-0.1, -0.05) is 30.3 Å². The van der Waals surface area contributed by atoms with Crippen molar-refractivity contribution in [3.05, 3.63) is 35.9 Å². The van der Waals surface area contributed by atoms with E-state index in [0.717, 1.165) is 31.7 Å². The maximum Gasteiger partial charge on any atom is 0.236 e. The van der Waals surface area contributed by atoms with E-state index in [2.05, 4.69) is 10.2 Å². The number of likely N-dealkylation sites (N-methyl/N-ethyl adjacent to an activating group) is 1. The molecule has 0 saturated carbocycles. The van der Waals surface area contributed by atoms with Crippen LogP contribution in [0.15, 0.2) is 30.3 Å². The maximum absolute atomic E-state index is 11.7. The predicted molar refractivity (Wildman–Crippen MR) is 78.3 cm³/mol. The molecule has 0 aliphatic carbocycles. The molecular formula is C15H23N3O2. The minimum Gasteiger partial charge on any atom is -0.387 e. The van der Waals surface area contributed by atoms with Crippen molar-refractivity contribution in [3.8, 4) is 0 Å². The molecule has 1 unspecified atom stereocenters. The van der Waals surface area contributed by atoms with Gasteiger partial charge in [-0.15, -0.1) is 0 Å². The average molecular weight is 277 g/mol. The Balaban J connectivity index is 1.78. The molecule has 2 N–H and O–H groups in total. The van der Waals surface area contributed by atoms with Crippen LogP contribution in [-0.2, 0) is 4.79 Å². The number of hydrogen-bond donors (Lipinski definition) is 2. The van der Waals surface area contributed by atoms with Crippen molar-refractivity contribution in [2.75, 3.05) is 46.3 Å². The van der Waals surface area contributed by atoms with Crippen molar-refractivity contribution < 1.29 is 9.90 Å². The number of piperazine rings is 1. The zero-order valence-corrected chi connectivity index (χ0v) is 12.0. The molecule has 0 aromatic heterocycles. The molecule has 1 aromatic rings. The van der Waals surface area contributed by atoms with Gasteiger partial charge in [0.1, 0.15) is 0 Å². The molecule has 20 heavy (non-hydrogen) atoms. The summed E-state index contributed by atoms with van der Waals surface area (Å²) < 4.78 is 0. The third kappa shape index (κ3) is 4.03. The highest BCUT2D eigenvalue weighted by Gasteiger charge is 2.22. The second-order valence-corrected chi connectivity index (χ2v) is 5.14. The van der Waals surface area contributed by atoms with Gasteiger partial charge in [0.15, 0.2) is 0 Å². The molecule has 1 saturated heterocycles. The first kappa shape index (κ1) is 15.0. The van der Waals surface area contributed by atoms with Crippen molar-refractivity contribution >= 4 is 5.91 Å². The summed E-state index contributed by atoms with van der Waals surface area (Å²) in [5, 5.41) is 13.1. The van der Waals surface area contributed by atoms with Crippen molar-refractivity contribution in [3.63, 3.8) is 0 Å². The van der Waals surface area contributed by atoms with E-state index in [-0.39, 0.29) is 5.91 Å². The average Bonchev–Trinajstić information content (AvgIpc) is 2.49. The number of hydrogen-bond acceptors (Lipinski definition) is 4. The monoisotopic (exact) mass is 277 g/mol. The molecule has 1 fully saturated rings. The number of carbonyl (C=O) groups excluding carboxylic acids is 1. The van der Waals surface area contributed by atoms with Gasteiger partial charge in [0, 0.05) is 32.7 Å². The molecule has 5 heteroatoms. The summed E-state index contributed by atoms with van der Waals surface area (Å²) >= 11 is 0. The van der Waals surface area contributed by atoms with Crippen LogP contribution in [0.1, 0.15) is 11.7 Å². The Labute approximate surface area is 120 Å². The first-order valence-electron chi connectivity index (χ1n) is 7.08. The summed E-state index contributed by atoms with van der Waals surface area (Å²) in [7, 11) is 1.78. The summed E-state index contributed by atoms with van der Waals surface area (Å²) in [5.74, 6) is 0.149. The Morgan fingerprint density at radius 1 is 1.25 bits per heavy atom. The van der Waals surface area contributed by atoms with Crippen LogP contribution in [0.3, 0.4) is 0 Å². The zero-order chi connectivity index (χ0) is 14.4. The smallest absolute Gasteiger partial charge is 0.236 e. The minimum atomic E-state index is -0.462. The Morgan fingerprint density at radius 2 is 1.90 bits per heavy atom. The second kappa shape index (κ2) is 7.38. The van der Waals surface area contributed by atoms with Gasteiger partial charge in [0.2, 0.25) is 5.91 Å². The zero-order valence-electron chi connectivity index (χ0n) is 12.0. The second-order valence-electron chi connectivity index (χ2n) is 5.14. The quantitative estimate of drug-likeness (QED) is 0.800. The van der Waals surface area contributed by atoms with Gasteiger partial charge in [-0.2, -0.15) is 0 Å². The van der Waals surface area contributed by atoms with Gasteiger partial charge in [0.05, 0.1) is 12.6 Å². The fraction of sp³-hybridized carbons (Fsp3) is 0.533. The van der Waals surface area contributed by atoms with Crippen molar-refractivity contribution in [1.29, 1.82) is 0 Å². The minimum absolute atomic E-state index is 0.149. The Morgan fingerprint density at radius 3 is 2.50 bits per heavy atom. The summed E-state index contributed by atoms with van der Waals surface area (Å²) in [6.45, 7) is 4.13. The molecule has 1 aliphatic rings. The SMILES string of the molecule is CNCC(=O)N1CCN(CC(O)c2ccccc2)CC1. The molecule has 2 rings (SSSR count). The van der Waals surface area contributed by atoms with Crippen LogP contribution in [0.25, 0.3) is 0 Å². The third-order valence-corrected chi connectivity index (χ3v) is 3.67. The number of nitrogens with one attached hydrogen (secondary N) is 1. The van der Waals surface area contributed by atoms with Gasteiger partial charge < -0.3 is 15.3 Å². The Hall–Kier alpha value is -1.43. The molecule has 0 spiro atoms. The lowest BCUT2D eigenvalue weighted by molar-refractivity contribution is -0.132. The van der Waals surface area contributed by atoms with E-state index in [0.29, 0.717) is 13.1 Å². The van der Waals surface area contributed by atoms with E-state index < -0.39 is 6.10 Å². The van der Waals surface area contributed by atoms with Crippen LogP contribution in [0, 0.1) is 0 Å². The lowest BCUT2D eigenvalue weighted by atomic mass is 10.1. The van der Waals surface area contributed by atoms with Crippen LogP contribution in [0.5, 0.6) is 0 Å². The number of aliphatic hydroxyl groups is 1. The Kier molecular flexibility index (Phi) is 5.52. The molecule has 1 heterocycles. The van der Waals surface area contributed by atoms with E-state index in [4.69, 9.17) is 0 Å². The first-order valence-corrected chi connectivity index (χ1v) is 7.08. The number of nitrogens with zero attached hydrogens (tertiary/aromatic N) is 2. The lowest BCUT2D eigenvalue weighted by Crippen LogP contribution is -2.51. The van der Waals surface area contributed by atoms with Crippen LogP contribution in [0.4, 0.5) is 0 Å². The predicted octanol–water partition coefficient (Wildman–Crippen LogP) is 0.0836. The first-order chi connectivity index (χ1) is 9.70. The standard InChI is InChI=1S/C15H23N3O2/c1-16-11-15(20)18-9-7-17(8-10-18)12-14(19)13-5-3-2-4-6-13/h2-6,14,16,19H,7-12H2,1H3.